The van der Waals surface area contributed by atoms with Crippen molar-refractivity contribution in [3.63, 3.8) is 0 Å². The van der Waals surface area contributed by atoms with Crippen molar-refractivity contribution in [2.45, 2.75) is 25.9 Å². The lowest BCUT2D eigenvalue weighted by atomic mass is 9.98. The van der Waals surface area contributed by atoms with Gasteiger partial charge in [0.1, 0.15) is 11.6 Å². The number of rotatable bonds is 4. The van der Waals surface area contributed by atoms with Gasteiger partial charge in [0.15, 0.2) is 0 Å². The third kappa shape index (κ3) is 3.18. The lowest BCUT2D eigenvalue weighted by Crippen LogP contribution is -2.31. The summed E-state index contributed by atoms with van der Waals surface area (Å²) in [5, 5.41) is 9.12. The van der Waals surface area contributed by atoms with Crippen LogP contribution in [0.25, 0.3) is 0 Å². The second-order valence-corrected chi connectivity index (χ2v) is 6.01. The van der Waals surface area contributed by atoms with Gasteiger partial charge in [0.2, 0.25) is 0 Å². The van der Waals surface area contributed by atoms with Gasteiger partial charge in [-0.25, -0.2) is 9.37 Å². The Hall–Kier alpha value is -2.19. The lowest BCUT2D eigenvalue weighted by Gasteiger charge is -2.28. The molecule has 22 heavy (non-hydrogen) atoms. The van der Waals surface area contributed by atoms with E-state index in [0.29, 0.717) is 18.0 Å². The molecular weight excluding hydrogens is 279 g/mol. The van der Waals surface area contributed by atoms with Crippen LogP contribution in [0.5, 0.6) is 0 Å². The molecule has 1 aromatic heterocycles. The van der Waals surface area contributed by atoms with E-state index in [4.69, 9.17) is 5.26 Å². The van der Waals surface area contributed by atoms with Gasteiger partial charge in [-0.3, -0.25) is 0 Å². The van der Waals surface area contributed by atoms with Crippen molar-refractivity contribution in [2.24, 2.45) is 5.92 Å². The van der Waals surface area contributed by atoms with E-state index in [1.165, 1.54) is 18.0 Å². The highest BCUT2D eigenvalue weighted by Gasteiger charge is 2.20. The van der Waals surface area contributed by atoms with Crippen LogP contribution in [0.2, 0.25) is 0 Å². The smallest absolute Gasteiger partial charge is 0.124 e. The Morgan fingerprint density at radius 2 is 2.36 bits per heavy atom. The van der Waals surface area contributed by atoms with Crippen LogP contribution in [0, 0.1) is 23.1 Å². The molecule has 2 heterocycles. The monoisotopic (exact) mass is 298 g/mol. The maximum absolute atomic E-state index is 13.2. The van der Waals surface area contributed by atoms with Crippen molar-refractivity contribution in [2.75, 3.05) is 13.6 Å². The Morgan fingerprint density at radius 3 is 3.18 bits per heavy atom. The molecule has 0 saturated heterocycles. The summed E-state index contributed by atoms with van der Waals surface area (Å²) >= 11 is 0. The number of benzene rings is 1. The fourth-order valence-electron chi connectivity index (χ4n) is 3.17. The molecule has 0 bridgehead atoms. The van der Waals surface area contributed by atoms with Crippen LogP contribution in [0.15, 0.2) is 30.6 Å². The van der Waals surface area contributed by atoms with Gasteiger partial charge in [0.05, 0.1) is 11.6 Å². The van der Waals surface area contributed by atoms with Crippen LogP contribution < -0.4 is 0 Å². The maximum atomic E-state index is 13.2. The zero-order valence-corrected chi connectivity index (χ0v) is 12.7. The molecule has 4 nitrogen and oxygen atoms in total. The number of fused-ring (bicyclic) bond motifs is 1. The minimum absolute atomic E-state index is 0.358. The molecule has 1 atom stereocenters. The molecule has 2 aromatic rings. The Labute approximate surface area is 129 Å². The van der Waals surface area contributed by atoms with E-state index in [2.05, 4.69) is 20.5 Å². The second-order valence-electron chi connectivity index (χ2n) is 6.01. The molecule has 0 saturated carbocycles. The summed E-state index contributed by atoms with van der Waals surface area (Å²) in [6.07, 6.45) is 6.05. The molecule has 0 aliphatic carbocycles. The first kappa shape index (κ1) is 14.7. The normalized spacial score (nSPS) is 17.3. The molecule has 1 aliphatic rings. The van der Waals surface area contributed by atoms with Gasteiger partial charge in [0, 0.05) is 38.4 Å². The third-order valence-corrected chi connectivity index (χ3v) is 4.24. The van der Waals surface area contributed by atoms with E-state index in [9.17, 15) is 4.39 Å². The number of hydrogen-bond donors (Lipinski definition) is 0. The summed E-state index contributed by atoms with van der Waals surface area (Å²) in [4.78, 5) is 6.56. The van der Waals surface area contributed by atoms with Gasteiger partial charge >= 0.3 is 0 Å². The fourth-order valence-corrected chi connectivity index (χ4v) is 3.17. The number of halogens is 1. The maximum Gasteiger partial charge on any atom is 0.124 e. The summed E-state index contributed by atoms with van der Waals surface area (Å²) in [6.45, 7) is 2.62. The van der Waals surface area contributed by atoms with E-state index in [1.54, 1.807) is 6.07 Å². The van der Waals surface area contributed by atoms with Crippen molar-refractivity contribution in [1.29, 1.82) is 5.26 Å². The largest absolute Gasteiger partial charge is 0.335 e. The topological polar surface area (TPSA) is 44.9 Å². The zero-order chi connectivity index (χ0) is 15.5. The predicted octanol–water partition coefficient (Wildman–Crippen LogP) is 2.59. The van der Waals surface area contributed by atoms with Crippen LogP contribution >= 0.6 is 0 Å². The third-order valence-electron chi connectivity index (χ3n) is 4.24. The van der Waals surface area contributed by atoms with Crippen molar-refractivity contribution in [3.8, 4) is 6.07 Å². The molecular formula is C17H19FN4. The number of hydrogen-bond acceptors (Lipinski definition) is 3. The Kier molecular flexibility index (Phi) is 4.21. The van der Waals surface area contributed by atoms with E-state index < -0.39 is 0 Å². The van der Waals surface area contributed by atoms with Crippen LogP contribution in [-0.4, -0.2) is 28.0 Å². The van der Waals surface area contributed by atoms with Crippen molar-refractivity contribution in [3.05, 3.63) is 53.4 Å². The quantitative estimate of drug-likeness (QED) is 0.871. The van der Waals surface area contributed by atoms with Crippen molar-refractivity contribution in [1.82, 2.24) is 14.5 Å². The van der Waals surface area contributed by atoms with Gasteiger partial charge in [-0.15, -0.1) is 0 Å². The van der Waals surface area contributed by atoms with E-state index in [0.717, 1.165) is 31.5 Å². The molecule has 114 valence electrons. The average Bonchev–Trinajstić information content (AvgIpc) is 2.96. The minimum Gasteiger partial charge on any atom is -0.335 e. The summed E-state index contributed by atoms with van der Waals surface area (Å²) in [6, 6.07) is 6.51. The Bertz CT molecular complexity index is 701. The van der Waals surface area contributed by atoms with E-state index in [-0.39, 0.29) is 5.82 Å². The number of aryl methyl sites for hydroxylation is 1. The first-order valence-corrected chi connectivity index (χ1v) is 7.53. The standard InChI is InChI=1S/C17H19FN4/c1-21(12-14-3-4-16(18)8-15(14)9-19)10-13-2-5-17-20-6-7-22(17)11-13/h3-4,6-8,13H,2,5,10-12H2,1H3/t13-/m1/s1. The van der Waals surface area contributed by atoms with Crippen LogP contribution in [0.4, 0.5) is 4.39 Å². The van der Waals surface area contributed by atoms with Crippen LogP contribution in [0.1, 0.15) is 23.4 Å². The summed E-state index contributed by atoms with van der Waals surface area (Å²) in [5.41, 5.74) is 1.30. The molecule has 0 unspecified atom stereocenters. The highest BCUT2D eigenvalue weighted by molar-refractivity contribution is 5.37. The van der Waals surface area contributed by atoms with Crippen molar-refractivity contribution < 1.29 is 4.39 Å². The molecule has 3 rings (SSSR count). The van der Waals surface area contributed by atoms with E-state index >= 15 is 0 Å². The Balaban J connectivity index is 1.62. The van der Waals surface area contributed by atoms with Gasteiger partial charge < -0.3 is 9.47 Å². The molecule has 0 amide bonds. The number of nitrogens with zero attached hydrogens (tertiary/aromatic N) is 4. The average molecular weight is 298 g/mol. The molecule has 1 aromatic carbocycles. The van der Waals surface area contributed by atoms with Gasteiger partial charge in [-0.05, 0) is 37.1 Å². The highest BCUT2D eigenvalue weighted by atomic mass is 19.1. The van der Waals surface area contributed by atoms with Crippen molar-refractivity contribution >= 4 is 0 Å². The van der Waals surface area contributed by atoms with Gasteiger partial charge in [-0.2, -0.15) is 5.26 Å². The molecule has 0 N–H and O–H groups in total. The summed E-state index contributed by atoms with van der Waals surface area (Å²) in [7, 11) is 2.05. The first-order valence-electron chi connectivity index (χ1n) is 7.53. The molecule has 0 fully saturated rings. The molecule has 0 spiro atoms. The molecule has 5 heteroatoms. The van der Waals surface area contributed by atoms with Gasteiger partial charge in [0.25, 0.3) is 0 Å². The van der Waals surface area contributed by atoms with Crippen LogP contribution in [-0.2, 0) is 19.5 Å². The number of imidazole rings is 1. The van der Waals surface area contributed by atoms with E-state index in [1.807, 2.05) is 19.4 Å². The Morgan fingerprint density at radius 1 is 1.50 bits per heavy atom. The van der Waals surface area contributed by atoms with Gasteiger partial charge in [-0.1, -0.05) is 6.07 Å². The first-order chi connectivity index (χ1) is 10.7. The highest BCUT2D eigenvalue weighted by Crippen LogP contribution is 2.20. The second kappa shape index (κ2) is 6.29. The number of nitriles is 1. The molecule has 1 aliphatic heterocycles. The molecule has 0 radical (unpaired) electrons. The van der Waals surface area contributed by atoms with Crippen LogP contribution in [0.3, 0.4) is 0 Å². The summed E-state index contributed by atoms with van der Waals surface area (Å²) in [5.74, 6) is 1.39. The fraction of sp³-hybridized carbons (Fsp3) is 0.412. The SMILES string of the molecule is CN(Cc1ccc(F)cc1C#N)C[C@H]1CCc2nccn2C1. The zero-order valence-electron chi connectivity index (χ0n) is 12.7. The summed E-state index contributed by atoms with van der Waals surface area (Å²) < 4.78 is 15.4. The minimum atomic E-state index is -0.358. The predicted molar refractivity (Wildman–Crippen MR) is 81.5 cm³/mol. The number of aromatic nitrogens is 2. The lowest BCUT2D eigenvalue weighted by molar-refractivity contribution is 0.229.